The molecule has 4 aromatic rings. The van der Waals surface area contributed by atoms with Crippen LogP contribution in [0.2, 0.25) is 0 Å². The second-order valence-electron chi connectivity index (χ2n) is 8.44. The Labute approximate surface area is 200 Å². The van der Waals surface area contributed by atoms with Gasteiger partial charge in [0.05, 0.1) is 17.8 Å². The summed E-state index contributed by atoms with van der Waals surface area (Å²) in [6.45, 7) is 6.15. The van der Waals surface area contributed by atoms with E-state index in [0.29, 0.717) is 36.2 Å². The van der Waals surface area contributed by atoms with Crippen LogP contribution >= 0.6 is 11.3 Å². The molecule has 3 heterocycles. The predicted molar refractivity (Wildman–Crippen MR) is 134 cm³/mol. The number of ether oxygens (including phenoxy) is 1. The number of ketones is 1. The van der Waals surface area contributed by atoms with E-state index in [9.17, 15) is 14.0 Å². The van der Waals surface area contributed by atoms with Crippen molar-refractivity contribution in [1.82, 2.24) is 9.88 Å². The van der Waals surface area contributed by atoms with Crippen LogP contribution in [0.15, 0.2) is 47.8 Å². The van der Waals surface area contributed by atoms with Crippen molar-refractivity contribution in [3.8, 4) is 0 Å². The van der Waals surface area contributed by atoms with Gasteiger partial charge in [0.25, 0.3) is 0 Å². The van der Waals surface area contributed by atoms with Crippen molar-refractivity contribution < 1.29 is 18.7 Å². The second kappa shape index (κ2) is 9.56. The van der Waals surface area contributed by atoms with Crippen molar-refractivity contribution in [2.45, 2.75) is 13.3 Å². The van der Waals surface area contributed by atoms with Crippen molar-refractivity contribution in [2.75, 3.05) is 44.2 Å². The fourth-order valence-electron chi connectivity index (χ4n) is 4.55. The Bertz CT molecular complexity index is 1350. The summed E-state index contributed by atoms with van der Waals surface area (Å²) in [5, 5.41) is 3.53. The Hall–Kier alpha value is -3.23. The smallest absolute Gasteiger partial charge is 0.354 e. The number of carbonyl (C=O) groups excluding carboxylic acids is 2. The molecule has 1 N–H and O–H groups in total. The summed E-state index contributed by atoms with van der Waals surface area (Å²) in [4.78, 5) is 32.8. The van der Waals surface area contributed by atoms with E-state index >= 15 is 0 Å². The number of Topliss-reactive ketones (excluding diaryl/α,β-unsaturated/α-hetero) is 1. The van der Waals surface area contributed by atoms with Crippen LogP contribution in [-0.4, -0.2) is 61.0 Å². The molecule has 1 aliphatic heterocycles. The van der Waals surface area contributed by atoms with E-state index in [-0.39, 0.29) is 17.6 Å². The second-order valence-corrected chi connectivity index (χ2v) is 9.35. The Kier molecular flexibility index (Phi) is 6.34. The van der Waals surface area contributed by atoms with Crippen LogP contribution in [0, 0.1) is 5.82 Å². The molecular formula is C26H26FN3O3S. The maximum absolute atomic E-state index is 13.6. The fraction of sp³-hybridized carbons (Fsp3) is 0.308. The van der Waals surface area contributed by atoms with Gasteiger partial charge in [0.1, 0.15) is 11.5 Å². The number of thiophene rings is 1. The van der Waals surface area contributed by atoms with Crippen LogP contribution in [0.3, 0.4) is 0 Å². The van der Waals surface area contributed by atoms with E-state index in [1.807, 2.05) is 23.6 Å². The van der Waals surface area contributed by atoms with Crippen molar-refractivity contribution in [1.29, 1.82) is 0 Å². The molecule has 1 saturated heterocycles. The zero-order chi connectivity index (χ0) is 23.7. The first-order chi connectivity index (χ1) is 16.5. The van der Waals surface area contributed by atoms with E-state index in [1.54, 1.807) is 13.0 Å². The van der Waals surface area contributed by atoms with E-state index in [0.717, 1.165) is 47.5 Å². The molecular weight excluding hydrogens is 453 g/mol. The first kappa shape index (κ1) is 22.6. The molecule has 176 valence electrons. The highest BCUT2D eigenvalue weighted by Crippen LogP contribution is 2.29. The monoisotopic (exact) mass is 479 g/mol. The molecule has 0 aliphatic carbocycles. The first-order valence-corrected chi connectivity index (χ1v) is 12.4. The van der Waals surface area contributed by atoms with Crippen molar-refractivity contribution in [3.05, 3.63) is 64.9 Å². The topological polar surface area (TPSA) is 65.6 Å². The summed E-state index contributed by atoms with van der Waals surface area (Å²) in [5.41, 5.74) is 3.08. The van der Waals surface area contributed by atoms with Crippen LogP contribution in [0.5, 0.6) is 0 Å². The Balaban J connectivity index is 1.21. The van der Waals surface area contributed by atoms with Crippen LogP contribution in [0.4, 0.5) is 10.1 Å². The Morgan fingerprint density at radius 1 is 1.12 bits per heavy atom. The van der Waals surface area contributed by atoms with Crippen molar-refractivity contribution in [2.24, 2.45) is 0 Å². The summed E-state index contributed by atoms with van der Waals surface area (Å²) in [6, 6.07) is 12.5. The molecule has 1 aliphatic rings. The number of rotatable bonds is 7. The lowest BCUT2D eigenvalue weighted by atomic mass is 10.1. The maximum Gasteiger partial charge on any atom is 0.354 e. The third kappa shape index (κ3) is 4.43. The molecule has 34 heavy (non-hydrogen) atoms. The maximum atomic E-state index is 13.6. The third-order valence-electron chi connectivity index (χ3n) is 6.33. The fourth-order valence-corrected chi connectivity index (χ4v) is 5.49. The Morgan fingerprint density at radius 3 is 2.74 bits per heavy atom. The SMILES string of the molecule is CCOC(=O)c1cc2cccc(N3CCN(CCC(=O)c4csc5ccc(F)cc45)CC3)c2[nH]1. The molecule has 2 aromatic heterocycles. The van der Waals surface area contributed by atoms with Gasteiger partial charge in [-0.2, -0.15) is 0 Å². The predicted octanol–water partition coefficient (Wildman–Crippen LogP) is 5.09. The minimum absolute atomic E-state index is 0.0573. The molecule has 8 heteroatoms. The molecule has 0 spiro atoms. The molecule has 6 nitrogen and oxygen atoms in total. The molecule has 0 amide bonds. The number of hydrogen-bond donors (Lipinski definition) is 1. The van der Waals surface area contributed by atoms with E-state index < -0.39 is 0 Å². The van der Waals surface area contributed by atoms with Gasteiger partial charge in [0.15, 0.2) is 5.78 Å². The molecule has 0 atom stereocenters. The standard InChI is InChI=1S/C26H26FN3O3S/c1-2-33-26(32)21-14-17-4-3-5-22(25(17)28-21)30-12-10-29(11-13-30)9-8-23(31)20-16-34-24-7-6-18(27)15-19(20)24/h3-7,14-16,28H,2,8-13H2,1H3. The molecule has 2 aromatic carbocycles. The van der Waals surface area contributed by atoms with Gasteiger partial charge >= 0.3 is 5.97 Å². The lowest BCUT2D eigenvalue weighted by molar-refractivity contribution is 0.0520. The molecule has 0 unspecified atom stereocenters. The number of esters is 1. The number of para-hydroxylation sites is 1. The minimum atomic E-state index is -0.347. The van der Waals surface area contributed by atoms with Gasteiger partial charge in [-0.15, -0.1) is 11.3 Å². The highest BCUT2D eigenvalue weighted by Gasteiger charge is 2.22. The number of H-pyrrole nitrogens is 1. The minimum Gasteiger partial charge on any atom is -0.461 e. The number of nitrogens with zero attached hydrogens (tertiary/aromatic N) is 2. The van der Waals surface area contributed by atoms with Gasteiger partial charge in [-0.1, -0.05) is 12.1 Å². The van der Waals surface area contributed by atoms with Gasteiger partial charge in [-0.05, 0) is 37.3 Å². The number of nitrogens with one attached hydrogen (secondary N) is 1. The third-order valence-corrected chi connectivity index (χ3v) is 7.30. The highest BCUT2D eigenvalue weighted by molar-refractivity contribution is 7.17. The normalized spacial score (nSPS) is 14.7. The zero-order valence-electron chi connectivity index (χ0n) is 19.0. The summed E-state index contributed by atoms with van der Waals surface area (Å²) in [7, 11) is 0. The van der Waals surface area contributed by atoms with Crippen molar-refractivity contribution >= 4 is 49.8 Å². The van der Waals surface area contributed by atoms with Gasteiger partial charge in [0, 0.05) is 65.6 Å². The molecule has 1 fully saturated rings. The quantitative estimate of drug-likeness (QED) is 0.295. The van der Waals surface area contributed by atoms with E-state index in [4.69, 9.17) is 4.74 Å². The van der Waals surface area contributed by atoms with Gasteiger partial charge < -0.3 is 14.6 Å². The van der Waals surface area contributed by atoms with Gasteiger partial charge in [-0.3, -0.25) is 9.69 Å². The van der Waals surface area contributed by atoms with E-state index in [1.165, 1.54) is 23.5 Å². The van der Waals surface area contributed by atoms with Crippen LogP contribution in [0.25, 0.3) is 21.0 Å². The number of benzene rings is 2. The lowest BCUT2D eigenvalue weighted by Crippen LogP contribution is -2.47. The number of halogens is 1. The van der Waals surface area contributed by atoms with Crippen molar-refractivity contribution in [3.63, 3.8) is 0 Å². The summed E-state index contributed by atoms with van der Waals surface area (Å²) < 4.78 is 19.7. The van der Waals surface area contributed by atoms with Gasteiger partial charge in [-0.25, -0.2) is 9.18 Å². The number of anilines is 1. The highest BCUT2D eigenvalue weighted by atomic mass is 32.1. The molecule has 0 saturated carbocycles. The van der Waals surface area contributed by atoms with Crippen LogP contribution in [-0.2, 0) is 4.74 Å². The van der Waals surface area contributed by atoms with Gasteiger partial charge in [0.2, 0.25) is 0 Å². The summed E-state index contributed by atoms with van der Waals surface area (Å²) in [6.07, 6.45) is 0.414. The molecule has 0 radical (unpaired) electrons. The number of piperazine rings is 1. The number of fused-ring (bicyclic) bond motifs is 2. The number of aromatic nitrogens is 1. The van der Waals surface area contributed by atoms with Crippen LogP contribution in [0.1, 0.15) is 34.2 Å². The average molecular weight is 480 g/mol. The van der Waals surface area contributed by atoms with E-state index in [2.05, 4.69) is 20.9 Å². The van der Waals surface area contributed by atoms with Crippen LogP contribution < -0.4 is 4.90 Å². The summed E-state index contributed by atoms with van der Waals surface area (Å²) in [5.74, 6) is -0.607. The zero-order valence-corrected chi connectivity index (χ0v) is 19.8. The summed E-state index contributed by atoms with van der Waals surface area (Å²) >= 11 is 1.48. The number of hydrogen-bond acceptors (Lipinski definition) is 6. The Morgan fingerprint density at radius 2 is 1.94 bits per heavy atom. The largest absolute Gasteiger partial charge is 0.461 e. The average Bonchev–Trinajstić information content (AvgIpc) is 3.47. The first-order valence-electron chi connectivity index (χ1n) is 11.5. The lowest BCUT2D eigenvalue weighted by Gasteiger charge is -2.36. The number of carbonyl (C=O) groups is 2. The molecule has 0 bridgehead atoms. The molecule has 5 rings (SSSR count). The number of aromatic amines is 1.